The summed E-state index contributed by atoms with van der Waals surface area (Å²) in [5.74, 6) is -0.217. The Bertz CT molecular complexity index is 1000. The molecule has 0 radical (unpaired) electrons. The Morgan fingerprint density at radius 2 is 1.56 bits per heavy atom. The van der Waals surface area contributed by atoms with Gasteiger partial charge in [-0.1, -0.05) is 114 Å². The topological polar surface area (TPSA) is 70.8 Å². The second kappa shape index (κ2) is 11.2. The van der Waals surface area contributed by atoms with Crippen LogP contribution >= 0.6 is 0 Å². The first-order valence-corrected chi connectivity index (χ1v) is 15.2. The van der Waals surface area contributed by atoms with Gasteiger partial charge in [0.2, 0.25) is 0 Å². The Kier molecular flexibility index (Phi) is 8.20. The Labute approximate surface area is 215 Å². The van der Waals surface area contributed by atoms with E-state index in [0.717, 1.165) is 23.2 Å². The summed E-state index contributed by atoms with van der Waals surface area (Å²) in [6, 6.07) is 20.5. The molecule has 2 aromatic rings. The maximum absolute atomic E-state index is 13.1. The highest BCUT2D eigenvalue weighted by molar-refractivity contribution is 6.99. The monoisotopic (exact) mass is 509 g/mol. The molecule has 2 atom stereocenters. The predicted octanol–water partition coefficient (Wildman–Crippen LogP) is 4.73. The van der Waals surface area contributed by atoms with Gasteiger partial charge in [0.1, 0.15) is 6.10 Å². The van der Waals surface area contributed by atoms with Crippen LogP contribution in [-0.4, -0.2) is 43.7 Å². The molecule has 7 heteroatoms. The van der Waals surface area contributed by atoms with Gasteiger partial charge in [-0.05, 0) is 34.7 Å². The lowest BCUT2D eigenvalue weighted by molar-refractivity contribution is -0.740. The maximum Gasteiger partial charge on any atom is 0.408 e. The van der Waals surface area contributed by atoms with E-state index in [4.69, 9.17) is 14.0 Å². The fourth-order valence-electron chi connectivity index (χ4n) is 5.84. The Morgan fingerprint density at radius 1 is 1.00 bits per heavy atom. The second-order valence-corrected chi connectivity index (χ2v) is 15.2. The van der Waals surface area contributed by atoms with E-state index in [-0.39, 0.29) is 17.4 Å². The molecule has 36 heavy (non-hydrogen) atoms. The lowest BCUT2D eigenvalue weighted by Crippen LogP contribution is -2.69. The molecule has 1 saturated carbocycles. The normalized spacial score (nSPS) is 21.3. The first-order chi connectivity index (χ1) is 17.3. The number of ether oxygens (including phenoxy) is 1. The quantitative estimate of drug-likeness (QED) is 0.292. The molecule has 194 valence electrons. The van der Waals surface area contributed by atoms with Crippen molar-refractivity contribution < 1.29 is 23.7 Å². The molecular weight excluding hydrogens is 470 g/mol. The third-order valence-electron chi connectivity index (χ3n) is 7.53. The van der Waals surface area contributed by atoms with Gasteiger partial charge < -0.3 is 14.0 Å². The van der Waals surface area contributed by atoms with E-state index in [1.54, 1.807) is 6.92 Å². The first kappa shape index (κ1) is 26.4. The van der Waals surface area contributed by atoms with Gasteiger partial charge in [0, 0.05) is 0 Å². The van der Waals surface area contributed by atoms with Crippen LogP contribution < -0.4 is 10.4 Å². The molecular formula is C29H39NO5Si. The molecule has 0 amide bonds. The first-order valence-electron chi connectivity index (χ1n) is 13.2. The number of carbonyl (C=O) groups is 1. The average molecular weight is 510 g/mol. The van der Waals surface area contributed by atoms with Crippen molar-refractivity contribution in [3.63, 3.8) is 0 Å². The number of benzene rings is 2. The van der Waals surface area contributed by atoms with Crippen molar-refractivity contribution in [3.8, 4) is 0 Å². The van der Waals surface area contributed by atoms with Crippen LogP contribution in [0.1, 0.15) is 66.2 Å². The Hall–Kier alpha value is -2.64. The molecule has 1 heterocycles. The molecule has 0 saturated heterocycles. The molecule has 0 aromatic heterocycles. The molecule has 0 unspecified atom stereocenters. The maximum atomic E-state index is 13.1. The molecule has 2 aliphatic rings. The van der Waals surface area contributed by atoms with Crippen molar-refractivity contribution >= 4 is 30.4 Å². The van der Waals surface area contributed by atoms with E-state index in [1.165, 1.54) is 19.3 Å². The Balaban J connectivity index is 1.83. The molecule has 0 bridgehead atoms. The average Bonchev–Trinajstić information content (AvgIpc) is 3.17. The van der Waals surface area contributed by atoms with E-state index in [0.29, 0.717) is 17.2 Å². The largest absolute Gasteiger partial charge is 0.458 e. The van der Waals surface area contributed by atoms with E-state index in [9.17, 15) is 10.0 Å². The lowest BCUT2D eigenvalue weighted by Gasteiger charge is -2.45. The number of hydrogen-bond acceptors (Lipinski definition) is 5. The summed E-state index contributed by atoms with van der Waals surface area (Å²) in [4.78, 5) is 19.3. The van der Waals surface area contributed by atoms with Crippen LogP contribution in [-0.2, 0) is 18.8 Å². The zero-order chi connectivity index (χ0) is 25.8. The minimum absolute atomic E-state index is 0.0781. The minimum Gasteiger partial charge on any atom is -0.458 e. The van der Waals surface area contributed by atoms with Crippen LogP contribution in [0.25, 0.3) is 0 Å². The summed E-state index contributed by atoms with van der Waals surface area (Å²) in [6.07, 6.45) is 5.18. The molecule has 6 nitrogen and oxygen atoms in total. The molecule has 1 aliphatic carbocycles. The van der Waals surface area contributed by atoms with Gasteiger partial charge in [-0.15, -0.1) is 0 Å². The zero-order valence-electron chi connectivity index (χ0n) is 21.9. The van der Waals surface area contributed by atoms with Crippen molar-refractivity contribution in [2.24, 2.45) is 5.92 Å². The number of nitrogens with zero attached hydrogens (tertiary/aromatic N) is 1. The molecule has 0 N–H and O–H groups in total. The highest BCUT2D eigenvalue weighted by Gasteiger charge is 2.57. The van der Waals surface area contributed by atoms with E-state index >= 15 is 0 Å². The van der Waals surface area contributed by atoms with Gasteiger partial charge in [0.15, 0.2) is 6.10 Å². The second-order valence-electron chi connectivity index (χ2n) is 10.9. The number of esters is 1. The minimum atomic E-state index is -3.04. The summed E-state index contributed by atoms with van der Waals surface area (Å²) in [5, 5.41) is 14.9. The number of hydrogen-bond donors (Lipinski definition) is 0. The van der Waals surface area contributed by atoms with E-state index in [1.807, 2.05) is 36.4 Å². The van der Waals surface area contributed by atoms with Crippen LogP contribution in [0.3, 0.4) is 0 Å². The van der Waals surface area contributed by atoms with Crippen LogP contribution in [0.2, 0.25) is 5.04 Å². The highest BCUT2D eigenvalue weighted by atomic mass is 28.4. The van der Waals surface area contributed by atoms with Gasteiger partial charge in [-0.3, -0.25) is 5.21 Å². The molecule has 1 aliphatic heterocycles. The van der Waals surface area contributed by atoms with Crippen molar-refractivity contribution in [2.45, 2.75) is 83.5 Å². The smallest absolute Gasteiger partial charge is 0.408 e. The lowest BCUT2D eigenvalue weighted by atomic mass is 9.84. The van der Waals surface area contributed by atoms with Crippen molar-refractivity contribution in [1.82, 2.24) is 0 Å². The van der Waals surface area contributed by atoms with Gasteiger partial charge in [0.25, 0.3) is 8.32 Å². The van der Waals surface area contributed by atoms with Crippen molar-refractivity contribution in [3.05, 3.63) is 65.9 Å². The molecule has 4 rings (SSSR count). The summed E-state index contributed by atoms with van der Waals surface area (Å²) < 4.78 is 12.6. The SMILES string of the molecule is CCOC(=O)C1=[N+]([O-])O[C@@H](CC2CCCCC2)[C@H]1O[Si](c1ccccc1)(c1ccccc1)C(C)(C)C. The fraction of sp³-hybridized carbons (Fsp3) is 0.517. The highest BCUT2D eigenvalue weighted by Crippen LogP contribution is 2.40. The van der Waals surface area contributed by atoms with Crippen molar-refractivity contribution in [2.75, 3.05) is 6.61 Å². The number of carbonyl (C=O) groups excluding carboxylic acids is 1. The van der Waals surface area contributed by atoms with E-state index < -0.39 is 26.5 Å². The summed E-state index contributed by atoms with van der Waals surface area (Å²) in [5.41, 5.74) is -0.0781. The summed E-state index contributed by atoms with van der Waals surface area (Å²) in [7, 11) is -3.04. The van der Waals surface area contributed by atoms with Crippen molar-refractivity contribution in [1.29, 1.82) is 0 Å². The van der Waals surface area contributed by atoms with E-state index in [2.05, 4.69) is 45.0 Å². The van der Waals surface area contributed by atoms with Crippen LogP contribution in [0, 0.1) is 11.1 Å². The molecule has 0 spiro atoms. The summed E-state index contributed by atoms with van der Waals surface area (Å²) in [6.45, 7) is 8.47. The number of rotatable bonds is 8. The van der Waals surface area contributed by atoms with Gasteiger partial charge >= 0.3 is 11.7 Å². The molecule has 1 fully saturated rings. The van der Waals surface area contributed by atoms with Crippen LogP contribution in [0.4, 0.5) is 0 Å². The van der Waals surface area contributed by atoms with Crippen LogP contribution in [0.5, 0.6) is 0 Å². The predicted molar refractivity (Wildman–Crippen MR) is 144 cm³/mol. The standard InChI is InChI=1S/C29H39NO5Si/c1-5-33-28(31)26-27(25(34-30(26)32)21-22-15-9-6-10-16-22)35-36(29(2,3)4,23-17-11-7-12-18-23)24-19-13-8-14-20-24/h7-8,11-14,17-20,22,25,27H,5-6,9-10,15-16,21H2,1-4H3/t25-,27+/m0/s1. The zero-order valence-corrected chi connectivity index (χ0v) is 22.9. The Morgan fingerprint density at radius 3 is 2.06 bits per heavy atom. The third-order valence-corrected chi connectivity index (χ3v) is 12.5. The summed E-state index contributed by atoms with van der Waals surface area (Å²) >= 11 is 0. The third kappa shape index (κ3) is 5.23. The van der Waals surface area contributed by atoms with Gasteiger partial charge in [-0.2, -0.15) is 0 Å². The molecule has 2 aromatic carbocycles. The fourth-order valence-corrected chi connectivity index (χ4v) is 10.5. The van der Waals surface area contributed by atoms with Gasteiger partial charge in [-0.25, -0.2) is 4.79 Å². The van der Waals surface area contributed by atoms with Gasteiger partial charge in [0.05, 0.1) is 11.5 Å². The van der Waals surface area contributed by atoms with Crippen LogP contribution in [0.15, 0.2) is 60.7 Å².